The summed E-state index contributed by atoms with van der Waals surface area (Å²) in [6, 6.07) is 3.28. The molecule has 0 amide bonds. The molecule has 0 saturated carbocycles. The molecule has 0 aliphatic carbocycles. The maximum Gasteiger partial charge on any atom is 0.337 e. The van der Waals surface area contributed by atoms with E-state index in [1.165, 1.54) is 23.6 Å². The molecule has 2 aromatic heterocycles. The number of carboxylic acid groups (broad SMARTS) is 1. The van der Waals surface area contributed by atoms with Gasteiger partial charge in [0, 0.05) is 11.6 Å². The lowest BCUT2D eigenvalue weighted by Crippen LogP contribution is -2.00. The highest BCUT2D eigenvalue weighted by atomic mass is 35.5. The van der Waals surface area contributed by atoms with Crippen LogP contribution in [0, 0.1) is 0 Å². The van der Waals surface area contributed by atoms with E-state index in [4.69, 9.17) is 16.7 Å². The molecule has 2 N–H and O–H groups in total. The number of aromatic nitrogens is 1. The molecule has 0 aromatic carbocycles. The topological polar surface area (TPSA) is 62.2 Å². The average molecular weight is 255 g/mol. The lowest BCUT2D eigenvalue weighted by molar-refractivity contribution is 0.0697. The standard InChI is InChI=1S/C10H7ClN2O2S/c11-8-4-12-9(3-7(8)10(14)15)13-6-1-2-16-5-6/h1-5H,(H,12,13)(H,14,15). The van der Waals surface area contributed by atoms with Gasteiger partial charge in [-0.1, -0.05) is 11.6 Å². The van der Waals surface area contributed by atoms with Gasteiger partial charge in [0.15, 0.2) is 0 Å². The van der Waals surface area contributed by atoms with Crippen LogP contribution < -0.4 is 5.32 Å². The zero-order valence-electron chi connectivity index (χ0n) is 7.98. The summed E-state index contributed by atoms with van der Waals surface area (Å²) >= 11 is 7.24. The van der Waals surface area contributed by atoms with Crippen molar-refractivity contribution in [1.29, 1.82) is 0 Å². The van der Waals surface area contributed by atoms with Crippen LogP contribution in [0.25, 0.3) is 0 Å². The van der Waals surface area contributed by atoms with Gasteiger partial charge in [0.25, 0.3) is 0 Å². The number of hydrogen-bond donors (Lipinski definition) is 2. The monoisotopic (exact) mass is 254 g/mol. The normalized spacial score (nSPS) is 10.1. The maximum atomic E-state index is 10.8. The molecule has 0 unspecified atom stereocenters. The molecule has 0 aliphatic rings. The minimum atomic E-state index is -1.07. The molecule has 82 valence electrons. The van der Waals surface area contributed by atoms with E-state index in [0.29, 0.717) is 5.82 Å². The van der Waals surface area contributed by atoms with Crippen molar-refractivity contribution >= 4 is 40.4 Å². The SMILES string of the molecule is O=C(O)c1cc(Nc2ccsc2)ncc1Cl. The summed E-state index contributed by atoms with van der Waals surface area (Å²) < 4.78 is 0. The quantitative estimate of drug-likeness (QED) is 0.883. The third kappa shape index (κ3) is 2.32. The van der Waals surface area contributed by atoms with Gasteiger partial charge in [-0.15, -0.1) is 0 Å². The summed E-state index contributed by atoms with van der Waals surface area (Å²) in [5.41, 5.74) is 0.908. The lowest BCUT2D eigenvalue weighted by atomic mass is 10.2. The van der Waals surface area contributed by atoms with E-state index in [9.17, 15) is 4.79 Å². The van der Waals surface area contributed by atoms with E-state index in [-0.39, 0.29) is 10.6 Å². The Morgan fingerprint density at radius 2 is 2.38 bits per heavy atom. The van der Waals surface area contributed by atoms with Gasteiger partial charge in [0.2, 0.25) is 0 Å². The zero-order valence-corrected chi connectivity index (χ0v) is 9.55. The van der Waals surface area contributed by atoms with Crippen LogP contribution in [-0.2, 0) is 0 Å². The van der Waals surface area contributed by atoms with Crippen LogP contribution in [0.5, 0.6) is 0 Å². The van der Waals surface area contributed by atoms with Crippen LogP contribution in [0.2, 0.25) is 5.02 Å². The predicted octanol–water partition coefficient (Wildman–Crippen LogP) is 3.24. The molecule has 0 aliphatic heterocycles. The first-order chi connectivity index (χ1) is 7.66. The van der Waals surface area contributed by atoms with Gasteiger partial charge >= 0.3 is 5.97 Å². The van der Waals surface area contributed by atoms with Crippen LogP contribution in [0.3, 0.4) is 0 Å². The number of hydrogen-bond acceptors (Lipinski definition) is 4. The molecular weight excluding hydrogens is 248 g/mol. The Morgan fingerprint density at radius 3 is 3.00 bits per heavy atom. The van der Waals surface area contributed by atoms with Gasteiger partial charge in [-0.2, -0.15) is 11.3 Å². The first-order valence-electron chi connectivity index (χ1n) is 4.35. The molecule has 0 spiro atoms. The second-order valence-electron chi connectivity index (χ2n) is 2.99. The Labute approximate surface area is 101 Å². The smallest absolute Gasteiger partial charge is 0.337 e. The van der Waals surface area contributed by atoms with Gasteiger partial charge in [0.05, 0.1) is 16.3 Å². The van der Waals surface area contributed by atoms with Gasteiger partial charge in [0.1, 0.15) is 5.82 Å². The lowest BCUT2D eigenvalue weighted by Gasteiger charge is -2.04. The molecule has 2 aromatic rings. The fraction of sp³-hybridized carbons (Fsp3) is 0. The average Bonchev–Trinajstić information content (AvgIpc) is 2.73. The molecule has 2 heterocycles. The molecule has 16 heavy (non-hydrogen) atoms. The molecule has 4 nitrogen and oxygen atoms in total. The molecule has 0 radical (unpaired) electrons. The van der Waals surface area contributed by atoms with Gasteiger partial charge < -0.3 is 10.4 Å². The Balaban J connectivity index is 2.29. The zero-order chi connectivity index (χ0) is 11.5. The van der Waals surface area contributed by atoms with Crippen LogP contribution >= 0.6 is 22.9 Å². The van der Waals surface area contributed by atoms with Crippen molar-refractivity contribution in [3.8, 4) is 0 Å². The summed E-state index contributed by atoms with van der Waals surface area (Å²) in [4.78, 5) is 14.8. The van der Waals surface area contributed by atoms with Crippen molar-refractivity contribution in [2.45, 2.75) is 0 Å². The third-order valence-corrected chi connectivity index (χ3v) is 2.86. The number of aromatic carboxylic acids is 1. The maximum absolute atomic E-state index is 10.8. The summed E-state index contributed by atoms with van der Waals surface area (Å²) in [6.45, 7) is 0. The van der Waals surface area contributed by atoms with Gasteiger partial charge in [-0.05, 0) is 17.5 Å². The number of carboxylic acids is 1. The second kappa shape index (κ2) is 4.51. The molecule has 2 rings (SSSR count). The predicted molar refractivity (Wildman–Crippen MR) is 63.8 cm³/mol. The fourth-order valence-corrected chi connectivity index (χ4v) is 1.93. The number of nitrogens with zero attached hydrogens (tertiary/aromatic N) is 1. The summed E-state index contributed by atoms with van der Waals surface area (Å²) in [6.07, 6.45) is 1.32. The molecule has 0 atom stereocenters. The number of rotatable bonds is 3. The van der Waals surface area contributed by atoms with Crippen molar-refractivity contribution < 1.29 is 9.90 Å². The second-order valence-corrected chi connectivity index (χ2v) is 4.18. The number of thiophene rings is 1. The number of anilines is 2. The van der Waals surface area contributed by atoms with Crippen molar-refractivity contribution in [3.63, 3.8) is 0 Å². The first-order valence-corrected chi connectivity index (χ1v) is 5.67. The van der Waals surface area contributed by atoms with Gasteiger partial charge in [-0.3, -0.25) is 0 Å². The van der Waals surface area contributed by atoms with E-state index in [0.717, 1.165) is 5.69 Å². The Bertz CT molecular complexity index is 514. The van der Waals surface area contributed by atoms with Crippen molar-refractivity contribution in [2.24, 2.45) is 0 Å². The summed E-state index contributed by atoms with van der Waals surface area (Å²) in [7, 11) is 0. The number of carbonyl (C=O) groups is 1. The van der Waals surface area contributed by atoms with Crippen LogP contribution in [0.1, 0.15) is 10.4 Å². The van der Waals surface area contributed by atoms with E-state index >= 15 is 0 Å². The number of nitrogens with one attached hydrogen (secondary N) is 1. The minimum Gasteiger partial charge on any atom is -0.478 e. The van der Waals surface area contributed by atoms with E-state index in [1.54, 1.807) is 0 Å². The Morgan fingerprint density at radius 1 is 1.56 bits per heavy atom. The highest BCUT2D eigenvalue weighted by molar-refractivity contribution is 7.08. The highest BCUT2D eigenvalue weighted by Crippen LogP contribution is 2.21. The summed E-state index contributed by atoms with van der Waals surface area (Å²) in [5, 5.41) is 15.8. The van der Waals surface area contributed by atoms with Crippen LogP contribution in [-0.4, -0.2) is 16.1 Å². The Kier molecular flexibility index (Phi) is 3.07. The van der Waals surface area contributed by atoms with Crippen molar-refractivity contribution in [3.05, 3.63) is 39.7 Å². The van der Waals surface area contributed by atoms with Crippen LogP contribution in [0.15, 0.2) is 29.1 Å². The van der Waals surface area contributed by atoms with Crippen molar-refractivity contribution in [2.75, 3.05) is 5.32 Å². The molecule has 0 bridgehead atoms. The largest absolute Gasteiger partial charge is 0.478 e. The summed E-state index contributed by atoms with van der Waals surface area (Å²) in [5.74, 6) is -0.610. The third-order valence-electron chi connectivity index (χ3n) is 1.88. The molecule has 0 saturated heterocycles. The van der Waals surface area contributed by atoms with Crippen LogP contribution in [0.4, 0.5) is 11.5 Å². The van der Waals surface area contributed by atoms with E-state index < -0.39 is 5.97 Å². The molecule has 0 fully saturated rings. The number of halogens is 1. The number of pyridine rings is 1. The van der Waals surface area contributed by atoms with E-state index in [2.05, 4.69) is 10.3 Å². The highest BCUT2D eigenvalue weighted by Gasteiger charge is 2.10. The molecular formula is C10H7ClN2O2S. The Hall–Kier alpha value is -1.59. The van der Waals surface area contributed by atoms with E-state index in [1.807, 2.05) is 16.8 Å². The fourth-order valence-electron chi connectivity index (χ4n) is 1.15. The van der Waals surface area contributed by atoms with Gasteiger partial charge in [-0.25, -0.2) is 9.78 Å². The first kappa shape index (κ1) is 10.9. The minimum absolute atomic E-state index is 0.0365. The van der Waals surface area contributed by atoms with Crippen molar-refractivity contribution in [1.82, 2.24) is 4.98 Å². The molecule has 6 heteroatoms.